The quantitative estimate of drug-likeness (QED) is 0.813. The van der Waals surface area contributed by atoms with E-state index in [4.69, 9.17) is 0 Å². The van der Waals surface area contributed by atoms with Crippen LogP contribution in [-0.2, 0) is 6.42 Å². The van der Waals surface area contributed by atoms with Gasteiger partial charge in [0.05, 0.1) is 0 Å². The van der Waals surface area contributed by atoms with Gasteiger partial charge in [0.2, 0.25) is 0 Å². The number of aromatic nitrogens is 1. The molecule has 0 bridgehead atoms. The lowest BCUT2D eigenvalue weighted by atomic mass is 10.00. The minimum Gasteiger partial charge on any atom is -0.310 e. The standard InChI is InChI=1S/C16H19IN2/c1-3-18-16(13-7-4-8-14(17)10-13)11-15-12(2)6-5-9-19-15/h4-10,16,18H,3,11H2,1-2H3. The zero-order chi connectivity index (χ0) is 13.7. The lowest BCUT2D eigenvalue weighted by molar-refractivity contribution is 0.542. The third kappa shape index (κ3) is 4.01. The predicted octanol–water partition coefficient (Wildman–Crippen LogP) is 3.89. The number of rotatable bonds is 5. The molecule has 1 atom stereocenters. The molecule has 2 rings (SSSR count). The Morgan fingerprint density at radius 1 is 1.26 bits per heavy atom. The first-order valence-corrected chi connectivity index (χ1v) is 7.68. The van der Waals surface area contributed by atoms with Crippen LogP contribution in [-0.4, -0.2) is 11.5 Å². The van der Waals surface area contributed by atoms with Gasteiger partial charge in [-0.3, -0.25) is 4.98 Å². The molecule has 1 N–H and O–H groups in total. The second-order valence-electron chi connectivity index (χ2n) is 4.64. The van der Waals surface area contributed by atoms with Gasteiger partial charge >= 0.3 is 0 Å². The molecular formula is C16H19IN2. The fourth-order valence-corrected chi connectivity index (χ4v) is 2.77. The number of halogens is 1. The number of pyridine rings is 1. The summed E-state index contributed by atoms with van der Waals surface area (Å²) < 4.78 is 1.27. The molecular weight excluding hydrogens is 347 g/mol. The van der Waals surface area contributed by atoms with Gasteiger partial charge in [-0.15, -0.1) is 0 Å². The van der Waals surface area contributed by atoms with Crippen LogP contribution in [0.5, 0.6) is 0 Å². The van der Waals surface area contributed by atoms with E-state index in [1.165, 1.54) is 20.4 Å². The van der Waals surface area contributed by atoms with Crippen LogP contribution in [0, 0.1) is 10.5 Å². The molecule has 1 unspecified atom stereocenters. The summed E-state index contributed by atoms with van der Waals surface area (Å²) in [7, 11) is 0. The molecule has 100 valence electrons. The largest absolute Gasteiger partial charge is 0.310 e. The summed E-state index contributed by atoms with van der Waals surface area (Å²) >= 11 is 2.36. The van der Waals surface area contributed by atoms with Crippen LogP contribution < -0.4 is 5.32 Å². The van der Waals surface area contributed by atoms with Gasteiger partial charge in [-0.1, -0.05) is 25.1 Å². The molecule has 0 saturated carbocycles. The molecule has 1 aromatic heterocycles. The summed E-state index contributed by atoms with van der Waals surface area (Å²) in [6.07, 6.45) is 2.81. The maximum absolute atomic E-state index is 4.51. The second-order valence-corrected chi connectivity index (χ2v) is 5.88. The average Bonchev–Trinajstić information content (AvgIpc) is 2.40. The zero-order valence-electron chi connectivity index (χ0n) is 11.4. The highest BCUT2D eigenvalue weighted by molar-refractivity contribution is 14.1. The monoisotopic (exact) mass is 366 g/mol. The van der Waals surface area contributed by atoms with Gasteiger partial charge in [-0.2, -0.15) is 0 Å². The molecule has 0 aliphatic rings. The summed E-state index contributed by atoms with van der Waals surface area (Å²) in [6, 6.07) is 13.1. The van der Waals surface area contributed by atoms with Crippen LogP contribution in [0.1, 0.15) is 29.8 Å². The minimum absolute atomic E-state index is 0.327. The molecule has 2 nitrogen and oxygen atoms in total. The Morgan fingerprint density at radius 3 is 2.79 bits per heavy atom. The van der Waals surface area contributed by atoms with E-state index >= 15 is 0 Å². The van der Waals surface area contributed by atoms with Crippen molar-refractivity contribution in [3.8, 4) is 0 Å². The van der Waals surface area contributed by atoms with Crippen LogP contribution in [0.25, 0.3) is 0 Å². The highest BCUT2D eigenvalue weighted by Gasteiger charge is 2.13. The number of benzene rings is 1. The Kier molecular flexibility index (Phi) is 5.34. The van der Waals surface area contributed by atoms with Gasteiger partial charge in [0.25, 0.3) is 0 Å². The van der Waals surface area contributed by atoms with Gasteiger partial charge in [-0.25, -0.2) is 0 Å². The summed E-state index contributed by atoms with van der Waals surface area (Å²) in [5.74, 6) is 0. The predicted molar refractivity (Wildman–Crippen MR) is 88.3 cm³/mol. The molecule has 0 radical (unpaired) electrons. The third-order valence-corrected chi connectivity index (χ3v) is 3.89. The lowest BCUT2D eigenvalue weighted by Crippen LogP contribution is -2.23. The van der Waals surface area contributed by atoms with Crippen molar-refractivity contribution in [1.82, 2.24) is 10.3 Å². The van der Waals surface area contributed by atoms with E-state index in [1.54, 1.807) is 0 Å². The number of hydrogen-bond acceptors (Lipinski definition) is 2. The highest BCUT2D eigenvalue weighted by Crippen LogP contribution is 2.20. The number of nitrogens with zero attached hydrogens (tertiary/aromatic N) is 1. The molecule has 0 saturated heterocycles. The smallest absolute Gasteiger partial charge is 0.0451 e. The third-order valence-electron chi connectivity index (χ3n) is 3.22. The summed E-state index contributed by atoms with van der Waals surface area (Å²) in [5.41, 5.74) is 3.77. The van der Waals surface area contributed by atoms with E-state index in [1.807, 2.05) is 12.3 Å². The number of hydrogen-bond donors (Lipinski definition) is 1. The molecule has 0 aliphatic carbocycles. The van der Waals surface area contributed by atoms with Crippen molar-refractivity contribution in [2.45, 2.75) is 26.3 Å². The van der Waals surface area contributed by atoms with E-state index < -0.39 is 0 Å². The maximum atomic E-state index is 4.51. The molecule has 1 heterocycles. The van der Waals surface area contributed by atoms with Crippen molar-refractivity contribution in [3.05, 3.63) is 63.0 Å². The first-order chi connectivity index (χ1) is 9.20. The second kappa shape index (κ2) is 7.01. The highest BCUT2D eigenvalue weighted by atomic mass is 127. The first-order valence-electron chi connectivity index (χ1n) is 6.60. The Labute approximate surface area is 128 Å². The van der Waals surface area contributed by atoms with Crippen molar-refractivity contribution in [2.75, 3.05) is 6.54 Å². The zero-order valence-corrected chi connectivity index (χ0v) is 13.5. The van der Waals surface area contributed by atoms with Gasteiger partial charge in [0, 0.05) is 27.9 Å². The average molecular weight is 366 g/mol. The fraction of sp³-hybridized carbons (Fsp3) is 0.312. The van der Waals surface area contributed by atoms with Crippen molar-refractivity contribution < 1.29 is 0 Å². The van der Waals surface area contributed by atoms with Gasteiger partial charge < -0.3 is 5.32 Å². The molecule has 0 aliphatic heterocycles. The maximum Gasteiger partial charge on any atom is 0.0451 e. The molecule has 3 heteroatoms. The van der Waals surface area contributed by atoms with Crippen molar-refractivity contribution >= 4 is 22.6 Å². The van der Waals surface area contributed by atoms with Gasteiger partial charge in [0.15, 0.2) is 0 Å². The van der Waals surface area contributed by atoms with E-state index in [2.05, 4.69) is 77.1 Å². The normalized spacial score (nSPS) is 12.4. The summed E-state index contributed by atoms with van der Waals surface area (Å²) in [4.78, 5) is 4.51. The van der Waals surface area contributed by atoms with E-state index in [9.17, 15) is 0 Å². The van der Waals surface area contributed by atoms with E-state index in [0.717, 1.165) is 13.0 Å². The first kappa shape index (κ1) is 14.5. The Balaban J connectivity index is 2.24. The van der Waals surface area contributed by atoms with Crippen molar-refractivity contribution in [3.63, 3.8) is 0 Å². The van der Waals surface area contributed by atoms with Crippen molar-refractivity contribution in [1.29, 1.82) is 0 Å². The molecule has 1 aromatic carbocycles. The lowest BCUT2D eigenvalue weighted by Gasteiger charge is -2.19. The number of nitrogens with one attached hydrogen (secondary N) is 1. The minimum atomic E-state index is 0.327. The van der Waals surface area contributed by atoms with E-state index in [0.29, 0.717) is 6.04 Å². The van der Waals surface area contributed by atoms with Crippen LogP contribution >= 0.6 is 22.6 Å². The fourth-order valence-electron chi connectivity index (χ4n) is 2.20. The van der Waals surface area contributed by atoms with E-state index in [-0.39, 0.29) is 0 Å². The van der Waals surface area contributed by atoms with Crippen LogP contribution in [0.2, 0.25) is 0 Å². The summed E-state index contributed by atoms with van der Waals surface area (Å²) in [5, 5.41) is 3.56. The van der Waals surface area contributed by atoms with Crippen LogP contribution in [0.4, 0.5) is 0 Å². The Bertz CT molecular complexity index is 540. The van der Waals surface area contributed by atoms with Crippen LogP contribution in [0.15, 0.2) is 42.6 Å². The Hall–Kier alpha value is -0.940. The van der Waals surface area contributed by atoms with Gasteiger partial charge in [0.1, 0.15) is 0 Å². The molecule has 0 amide bonds. The summed E-state index contributed by atoms with van der Waals surface area (Å²) in [6.45, 7) is 5.23. The Morgan fingerprint density at radius 2 is 2.11 bits per heavy atom. The van der Waals surface area contributed by atoms with Crippen LogP contribution in [0.3, 0.4) is 0 Å². The number of likely N-dealkylation sites (N-methyl/N-ethyl adjacent to an activating group) is 1. The molecule has 2 aromatic rings. The molecule has 0 fully saturated rings. The SMILES string of the molecule is CCNC(Cc1ncccc1C)c1cccc(I)c1. The van der Waals surface area contributed by atoms with Gasteiger partial charge in [-0.05, 0) is 65.4 Å². The molecule has 19 heavy (non-hydrogen) atoms. The topological polar surface area (TPSA) is 24.9 Å². The van der Waals surface area contributed by atoms with Crippen molar-refractivity contribution in [2.24, 2.45) is 0 Å². The number of aryl methyl sites for hydroxylation is 1. The molecule has 0 spiro atoms.